The van der Waals surface area contributed by atoms with E-state index in [9.17, 15) is 0 Å². The Hall–Kier alpha value is -6.03. The second-order valence-electron chi connectivity index (χ2n) is 12.5. The molecule has 1 heterocycles. The number of thiophene rings is 1. The Bertz CT molecular complexity index is 2740. The third kappa shape index (κ3) is 5.25. The van der Waals surface area contributed by atoms with Crippen molar-refractivity contribution in [3.63, 3.8) is 0 Å². The number of amidine groups is 1. The van der Waals surface area contributed by atoms with Crippen molar-refractivity contribution in [3.05, 3.63) is 187 Å². The van der Waals surface area contributed by atoms with Crippen molar-refractivity contribution in [2.75, 3.05) is 0 Å². The molecule has 232 valence electrons. The fraction of sp³-hybridized carbons (Fsp3) is 0.0217. The molecule has 0 aliphatic rings. The molecule has 3 heteroatoms. The monoisotopic (exact) mass is 644 g/mol. The molecule has 0 atom stereocenters. The van der Waals surface area contributed by atoms with Crippen molar-refractivity contribution in [3.8, 4) is 11.1 Å². The van der Waals surface area contributed by atoms with Crippen LogP contribution < -0.4 is 5.73 Å². The summed E-state index contributed by atoms with van der Waals surface area (Å²) in [6, 6.07) is 58.3. The maximum Gasteiger partial charge on any atom is 0.132 e. The van der Waals surface area contributed by atoms with Gasteiger partial charge in [0.15, 0.2) is 0 Å². The third-order valence-electron chi connectivity index (χ3n) is 9.53. The van der Waals surface area contributed by atoms with Crippen LogP contribution in [0.5, 0.6) is 0 Å². The van der Waals surface area contributed by atoms with E-state index < -0.39 is 0 Å². The van der Waals surface area contributed by atoms with E-state index in [2.05, 4.69) is 146 Å². The van der Waals surface area contributed by atoms with Crippen molar-refractivity contribution in [2.45, 2.75) is 6.42 Å². The zero-order chi connectivity index (χ0) is 32.7. The first-order valence-electron chi connectivity index (χ1n) is 16.6. The average Bonchev–Trinajstić information content (AvgIpc) is 3.55. The van der Waals surface area contributed by atoms with Crippen molar-refractivity contribution >= 4 is 75.4 Å². The summed E-state index contributed by atoms with van der Waals surface area (Å²) in [5, 5.41) is 9.74. The lowest BCUT2D eigenvalue weighted by Gasteiger charge is -2.15. The first-order chi connectivity index (χ1) is 24.2. The van der Waals surface area contributed by atoms with E-state index in [0.29, 0.717) is 5.84 Å². The van der Waals surface area contributed by atoms with Gasteiger partial charge in [0.05, 0.1) is 5.70 Å². The molecular formula is C46H32N2S. The third-order valence-corrected chi connectivity index (χ3v) is 10.7. The Balaban J connectivity index is 1.25. The van der Waals surface area contributed by atoms with Gasteiger partial charge in [-0.3, -0.25) is 0 Å². The fourth-order valence-corrected chi connectivity index (χ4v) is 8.31. The first kappa shape index (κ1) is 29.1. The lowest BCUT2D eigenvalue weighted by atomic mass is 9.89. The van der Waals surface area contributed by atoms with Gasteiger partial charge in [-0.2, -0.15) is 0 Å². The van der Waals surface area contributed by atoms with Gasteiger partial charge in [-0.25, -0.2) is 4.99 Å². The van der Waals surface area contributed by atoms with Crippen molar-refractivity contribution in [2.24, 2.45) is 10.7 Å². The highest BCUT2D eigenvalue weighted by Crippen LogP contribution is 2.41. The van der Waals surface area contributed by atoms with E-state index >= 15 is 0 Å². The van der Waals surface area contributed by atoms with Crippen LogP contribution in [0.2, 0.25) is 0 Å². The van der Waals surface area contributed by atoms with Gasteiger partial charge in [0.1, 0.15) is 5.84 Å². The Morgan fingerprint density at radius 2 is 1.10 bits per heavy atom. The highest BCUT2D eigenvalue weighted by atomic mass is 32.1. The summed E-state index contributed by atoms with van der Waals surface area (Å²) in [5.41, 5.74) is 13.5. The summed E-state index contributed by atoms with van der Waals surface area (Å²) >= 11 is 1.85. The predicted octanol–water partition coefficient (Wildman–Crippen LogP) is 12.2. The van der Waals surface area contributed by atoms with Crippen LogP contribution in [-0.2, 0) is 6.42 Å². The zero-order valence-electron chi connectivity index (χ0n) is 26.8. The number of fused-ring (bicyclic) bond motifs is 9. The number of hydrogen-bond donors (Lipinski definition) is 1. The van der Waals surface area contributed by atoms with E-state index in [1.807, 2.05) is 35.6 Å². The minimum absolute atomic E-state index is 0.502. The minimum atomic E-state index is 0.502. The lowest BCUT2D eigenvalue weighted by Crippen LogP contribution is -2.14. The number of hydrogen-bond acceptors (Lipinski definition) is 2. The minimum Gasteiger partial charge on any atom is -0.383 e. The Morgan fingerprint density at radius 3 is 1.90 bits per heavy atom. The molecule has 0 aliphatic heterocycles. The summed E-state index contributed by atoms with van der Waals surface area (Å²) in [6.45, 7) is 0. The standard InChI is InChI=1S/C46H32N2S/c47-46(48-42(31-14-5-2-6-15-31)27-22-30-12-3-1-4-13-30)40-20-11-19-39-35-17-8-7-16-34(35)36-25-23-32(28-41(36)45(39)40)33-24-26-38-37-18-9-10-21-43(37)49-44(38)29-33/h1-21,23-29H,22H2,(H2,47,48)/b42-27-. The molecule has 0 radical (unpaired) electrons. The molecular weight excluding hydrogens is 613 g/mol. The quantitative estimate of drug-likeness (QED) is 0.109. The van der Waals surface area contributed by atoms with Crippen LogP contribution in [0.1, 0.15) is 16.7 Å². The summed E-state index contributed by atoms with van der Waals surface area (Å²) in [6.07, 6.45) is 2.94. The van der Waals surface area contributed by atoms with Gasteiger partial charge in [0.25, 0.3) is 0 Å². The van der Waals surface area contributed by atoms with Crippen molar-refractivity contribution in [1.29, 1.82) is 0 Å². The number of benzene rings is 8. The van der Waals surface area contributed by atoms with Gasteiger partial charge in [0.2, 0.25) is 0 Å². The topological polar surface area (TPSA) is 38.4 Å². The molecule has 8 aromatic carbocycles. The van der Waals surface area contributed by atoms with Crippen LogP contribution in [0.4, 0.5) is 0 Å². The van der Waals surface area contributed by atoms with Gasteiger partial charge in [-0.1, -0.05) is 152 Å². The second-order valence-corrected chi connectivity index (χ2v) is 13.6. The summed E-state index contributed by atoms with van der Waals surface area (Å²) in [4.78, 5) is 5.16. The highest BCUT2D eigenvalue weighted by Gasteiger charge is 2.16. The summed E-state index contributed by atoms with van der Waals surface area (Å²) < 4.78 is 2.62. The molecule has 9 rings (SSSR count). The van der Waals surface area contributed by atoms with E-state index in [-0.39, 0.29) is 0 Å². The van der Waals surface area contributed by atoms with E-state index in [1.54, 1.807) is 0 Å². The van der Waals surface area contributed by atoms with Crippen LogP contribution in [0.25, 0.3) is 69.3 Å². The number of allylic oxidation sites excluding steroid dienone is 1. The molecule has 0 bridgehead atoms. The number of nitrogens with two attached hydrogens (primary N) is 1. The van der Waals surface area contributed by atoms with Crippen LogP contribution in [0.15, 0.2) is 175 Å². The van der Waals surface area contributed by atoms with Crippen molar-refractivity contribution < 1.29 is 0 Å². The summed E-state index contributed by atoms with van der Waals surface area (Å²) in [5.74, 6) is 0.502. The van der Waals surface area contributed by atoms with Gasteiger partial charge in [-0.15, -0.1) is 11.3 Å². The van der Waals surface area contributed by atoms with Crippen LogP contribution >= 0.6 is 11.3 Å². The second kappa shape index (κ2) is 12.2. The molecule has 9 aromatic rings. The van der Waals surface area contributed by atoms with Crippen molar-refractivity contribution in [1.82, 2.24) is 0 Å². The Kier molecular flexibility index (Phi) is 7.26. The first-order valence-corrected chi connectivity index (χ1v) is 17.5. The maximum atomic E-state index is 7.06. The molecule has 0 unspecified atom stereocenters. The highest BCUT2D eigenvalue weighted by molar-refractivity contribution is 7.25. The zero-order valence-corrected chi connectivity index (χ0v) is 27.6. The molecule has 0 spiro atoms. The molecule has 2 N–H and O–H groups in total. The molecule has 2 nitrogen and oxygen atoms in total. The average molecular weight is 645 g/mol. The smallest absolute Gasteiger partial charge is 0.132 e. The summed E-state index contributed by atoms with van der Waals surface area (Å²) in [7, 11) is 0. The molecule has 0 amide bonds. The van der Waals surface area contributed by atoms with Gasteiger partial charge in [0, 0.05) is 31.1 Å². The Labute approximate surface area is 289 Å². The molecule has 1 aromatic heterocycles. The largest absolute Gasteiger partial charge is 0.383 e. The SMILES string of the molecule is NC(=N/C(=C\Cc1ccccc1)c1ccccc1)c1cccc2c3ccccc3c3ccc(-c4ccc5c(c4)sc4ccccc45)cc3c12. The van der Waals surface area contributed by atoms with Crippen LogP contribution in [0, 0.1) is 0 Å². The van der Waals surface area contributed by atoms with E-state index in [0.717, 1.165) is 28.6 Å². The normalized spacial score (nSPS) is 12.5. The van der Waals surface area contributed by atoms with E-state index in [1.165, 1.54) is 63.8 Å². The molecule has 49 heavy (non-hydrogen) atoms. The fourth-order valence-electron chi connectivity index (χ4n) is 7.16. The molecule has 0 saturated heterocycles. The van der Waals surface area contributed by atoms with Gasteiger partial charge in [-0.05, 0) is 73.8 Å². The number of rotatable bonds is 6. The van der Waals surface area contributed by atoms with Crippen LogP contribution in [-0.4, -0.2) is 5.84 Å². The molecule has 0 fully saturated rings. The number of aliphatic imine (C=N–C) groups is 1. The Morgan fingerprint density at radius 1 is 0.510 bits per heavy atom. The molecule has 0 aliphatic carbocycles. The number of nitrogens with zero attached hydrogens (tertiary/aromatic N) is 1. The van der Waals surface area contributed by atoms with Gasteiger partial charge >= 0.3 is 0 Å². The predicted molar refractivity (Wildman–Crippen MR) is 213 cm³/mol. The maximum absolute atomic E-state index is 7.06. The van der Waals surface area contributed by atoms with Crippen LogP contribution in [0.3, 0.4) is 0 Å². The van der Waals surface area contributed by atoms with E-state index in [4.69, 9.17) is 10.7 Å². The van der Waals surface area contributed by atoms with Gasteiger partial charge < -0.3 is 5.73 Å². The molecule has 0 saturated carbocycles. The lowest BCUT2D eigenvalue weighted by molar-refractivity contribution is 1.26.